The average molecular weight is 279 g/mol. The Balaban J connectivity index is 1.93. The lowest BCUT2D eigenvalue weighted by molar-refractivity contribution is -0.153. The standard InChI is InChI=1S/C11H16F3N3O2/c12-11(13,14)6-17-9(18)8(16-10(17)19)5-7-1-3-15-4-2-7/h7-8,15H,1-6H2,(H,16,19). The van der Waals surface area contributed by atoms with E-state index >= 15 is 0 Å². The van der Waals surface area contributed by atoms with Crippen LogP contribution in [0.1, 0.15) is 19.3 Å². The van der Waals surface area contributed by atoms with Gasteiger partial charge in [-0.25, -0.2) is 4.79 Å². The molecule has 2 saturated heterocycles. The lowest BCUT2D eigenvalue weighted by Crippen LogP contribution is -2.39. The lowest BCUT2D eigenvalue weighted by Gasteiger charge is -2.24. The number of hydrogen-bond donors (Lipinski definition) is 2. The maximum atomic E-state index is 12.3. The number of nitrogens with one attached hydrogen (secondary N) is 2. The van der Waals surface area contributed by atoms with Crippen LogP contribution < -0.4 is 10.6 Å². The number of hydrogen-bond acceptors (Lipinski definition) is 3. The van der Waals surface area contributed by atoms with Crippen LogP contribution in [0.15, 0.2) is 0 Å². The van der Waals surface area contributed by atoms with E-state index < -0.39 is 30.7 Å². The largest absolute Gasteiger partial charge is 0.406 e. The molecule has 0 bridgehead atoms. The summed E-state index contributed by atoms with van der Waals surface area (Å²) in [5, 5.41) is 5.51. The van der Waals surface area contributed by atoms with Crippen LogP contribution in [0.3, 0.4) is 0 Å². The van der Waals surface area contributed by atoms with E-state index in [1.807, 2.05) is 0 Å². The number of urea groups is 1. The number of amides is 3. The molecule has 2 N–H and O–H groups in total. The van der Waals surface area contributed by atoms with Crippen LogP contribution in [0, 0.1) is 5.92 Å². The molecule has 5 nitrogen and oxygen atoms in total. The predicted octanol–water partition coefficient (Wildman–Crippen LogP) is 0.859. The molecule has 3 amide bonds. The zero-order chi connectivity index (χ0) is 14.0. The van der Waals surface area contributed by atoms with Crippen LogP contribution in [-0.2, 0) is 4.79 Å². The minimum atomic E-state index is -4.56. The van der Waals surface area contributed by atoms with Crippen LogP contribution in [0.25, 0.3) is 0 Å². The Kier molecular flexibility index (Phi) is 3.98. The number of rotatable bonds is 3. The first kappa shape index (κ1) is 14.1. The Morgan fingerprint density at radius 1 is 1.21 bits per heavy atom. The van der Waals surface area contributed by atoms with Gasteiger partial charge in [0.2, 0.25) is 0 Å². The second kappa shape index (κ2) is 5.36. The van der Waals surface area contributed by atoms with Gasteiger partial charge in [0.25, 0.3) is 5.91 Å². The molecule has 2 aliphatic rings. The van der Waals surface area contributed by atoms with Crippen LogP contribution in [0.4, 0.5) is 18.0 Å². The van der Waals surface area contributed by atoms with E-state index in [9.17, 15) is 22.8 Å². The Morgan fingerprint density at radius 2 is 1.84 bits per heavy atom. The Bertz CT molecular complexity index is 367. The van der Waals surface area contributed by atoms with Gasteiger partial charge in [-0.3, -0.25) is 9.69 Å². The number of carbonyl (C=O) groups excluding carboxylic acids is 2. The molecule has 0 radical (unpaired) electrons. The molecule has 0 aromatic rings. The summed E-state index contributed by atoms with van der Waals surface area (Å²) in [5.41, 5.74) is 0. The molecule has 8 heteroatoms. The summed E-state index contributed by atoms with van der Waals surface area (Å²) >= 11 is 0. The molecule has 0 aromatic heterocycles. The molecule has 2 heterocycles. The van der Waals surface area contributed by atoms with Gasteiger partial charge in [0.15, 0.2) is 0 Å². The van der Waals surface area contributed by atoms with E-state index in [1.54, 1.807) is 0 Å². The SMILES string of the molecule is O=C1NC(CC2CCNCC2)C(=O)N1CC(F)(F)F. The third kappa shape index (κ3) is 3.59. The third-order valence-electron chi connectivity index (χ3n) is 3.47. The fraction of sp³-hybridized carbons (Fsp3) is 0.818. The molecule has 0 aliphatic carbocycles. The van der Waals surface area contributed by atoms with E-state index in [-0.39, 0.29) is 10.8 Å². The van der Waals surface area contributed by atoms with Gasteiger partial charge in [-0.2, -0.15) is 13.2 Å². The molecular weight excluding hydrogens is 263 g/mol. The first-order chi connectivity index (χ1) is 8.87. The van der Waals surface area contributed by atoms with Gasteiger partial charge in [-0.15, -0.1) is 0 Å². The topological polar surface area (TPSA) is 61.4 Å². The van der Waals surface area contributed by atoms with Crippen molar-refractivity contribution in [1.29, 1.82) is 0 Å². The summed E-state index contributed by atoms with van der Waals surface area (Å²) in [5.74, 6) is -0.498. The third-order valence-corrected chi connectivity index (χ3v) is 3.47. The van der Waals surface area contributed by atoms with Crippen LogP contribution >= 0.6 is 0 Å². The van der Waals surface area contributed by atoms with E-state index in [0.29, 0.717) is 6.42 Å². The maximum Gasteiger partial charge on any atom is 0.406 e. The fourth-order valence-corrected chi connectivity index (χ4v) is 2.52. The summed E-state index contributed by atoms with van der Waals surface area (Å²) in [6, 6.07) is -1.75. The van der Waals surface area contributed by atoms with Crippen molar-refractivity contribution < 1.29 is 22.8 Å². The monoisotopic (exact) mass is 279 g/mol. The van der Waals surface area contributed by atoms with Crippen LogP contribution in [-0.4, -0.2) is 48.7 Å². The molecular formula is C11H16F3N3O2. The highest BCUT2D eigenvalue weighted by Gasteiger charge is 2.44. The Morgan fingerprint density at radius 3 is 2.42 bits per heavy atom. The van der Waals surface area contributed by atoms with E-state index in [2.05, 4.69) is 10.6 Å². The highest BCUT2D eigenvalue weighted by molar-refractivity contribution is 6.04. The van der Waals surface area contributed by atoms with Crippen molar-refractivity contribution in [3.8, 4) is 0 Å². The summed E-state index contributed by atoms with van der Waals surface area (Å²) in [6.07, 6.45) is -2.39. The van der Waals surface area contributed by atoms with Crippen LogP contribution in [0.2, 0.25) is 0 Å². The van der Waals surface area contributed by atoms with Gasteiger partial charge in [0.1, 0.15) is 12.6 Å². The summed E-state index contributed by atoms with van der Waals surface area (Å²) in [7, 11) is 0. The van der Waals surface area contributed by atoms with Gasteiger partial charge in [0, 0.05) is 0 Å². The molecule has 1 unspecified atom stereocenters. The van der Waals surface area contributed by atoms with Gasteiger partial charge in [0.05, 0.1) is 0 Å². The summed E-state index contributed by atoms with van der Waals surface area (Å²) in [6.45, 7) is 0.165. The van der Waals surface area contributed by atoms with E-state index in [0.717, 1.165) is 25.9 Å². The Labute approximate surface area is 108 Å². The molecule has 2 rings (SSSR count). The van der Waals surface area contributed by atoms with Crippen molar-refractivity contribution in [2.75, 3.05) is 19.6 Å². The predicted molar refractivity (Wildman–Crippen MR) is 60.3 cm³/mol. The fourth-order valence-electron chi connectivity index (χ4n) is 2.52. The van der Waals surface area contributed by atoms with Crippen molar-refractivity contribution in [3.05, 3.63) is 0 Å². The minimum Gasteiger partial charge on any atom is -0.326 e. The smallest absolute Gasteiger partial charge is 0.326 e. The highest BCUT2D eigenvalue weighted by Crippen LogP contribution is 2.24. The number of imide groups is 1. The molecule has 2 fully saturated rings. The van der Waals surface area contributed by atoms with Gasteiger partial charge < -0.3 is 10.6 Å². The lowest BCUT2D eigenvalue weighted by atomic mass is 9.91. The van der Waals surface area contributed by atoms with Crippen molar-refractivity contribution in [2.24, 2.45) is 5.92 Å². The normalized spacial score (nSPS) is 25.8. The number of carbonyl (C=O) groups is 2. The van der Waals surface area contributed by atoms with Crippen molar-refractivity contribution in [1.82, 2.24) is 15.5 Å². The first-order valence-corrected chi connectivity index (χ1v) is 6.26. The number of halogens is 3. The van der Waals surface area contributed by atoms with Crippen LogP contribution in [0.5, 0.6) is 0 Å². The maximum absolute atomic E-state index is 12.3. The zero-order valence-corrected chi connectivity index (χ0v) is 10.3. The molecule has 0 spiro atoms. The van der Waals surface area contributed by atoms with Crippen molar-refractivity contribution >= 4 is 11.9 Å². The average Bonchev–Trinajstić information content (AvgIpc) is 2.57. The number of alkyl halides is 3. The van der Waals surface area contributed by atoms with E-state index in [4.69, 9.17) is 0 Å². The summed E-state index contributed by atoms with van der Waals surface area (Å²) < 4.78 is 36.8. The van der Waals surface area contributed by atoms with E-state index in [1.165, 1.54) is 0 Å². The zero-order valence-electron chi connectivity index (χ0n) is 10.3. The van der Waals surface area contributed by atoms with Gasteiger partial charge >= 0.3 is 12.2 Å². The number of piperidine rings is 1. The minimum absolute atomic E-state index is 0.256. The van der Waals surface area contributed by atoms with Crippen molar-refractivity contribution in [3.63, 3.8) is 0 Å². The molecule has 1 atom stereocenters. The summed E-state index contributed by atoms with van der Waals surface area (Å²) in [4.78, 5) is 23.4. The molecule has 108 valence electrons. The van der Waals surface area contributed by atoms with Crippen molar-refractivity contribution in [2.45, 2.75) is 31.5 Å². The Hall–Kier alpha value is -1.31. The first-order valence-electron chi connectivity index (χ1n) is 6.26. The molecule has 0 aromatic carbocycles. The second-order valence-corrected chi connectivity index (χ2v) is 4.97. The number of nitrogens with zero attached hydrogens (tertiary/aromatic N) is 1. The van der Waals surface area contributed by atoms with Gasteiger partial charge in [-0.05, 0) is 38.3 Å². The van der Waals surface area contributed by atoms with Gasteiger partial charge in [-0.1, -0.05) is 0 Å². The quantitative estimate of drug-likeness (QED) is 0.753. The molecule has 0 saturated carbocycles. The molecule has 19 heavy (non-hydrogen) atoms. The highest BCUT2D eigenvalue weighted by atomic mass is 19.4. The second-order valence-electron chi connectivity index (χ2n) is 4.97. The molecule has 2 aliphatic heterocycles.